The number of nitrogens with zero attached hydrogens (tertiary/aromatic N) is 3. The second kappa shape index (κ2) is 7.71. The fourth-order valence-corrected chi connectivity index (χ4v) is 4.30. The van der Waals surface area contributed by atoms with E-state index < -0.39 is 5.78 Å². The van der Waals surface area contributed by atoms with E-state index in [2.05, 4.69) is 50.3 Å². The summed E-state index contributed by atoms with van der Waals surface area (Å²) < 4.78 is 0. The van der Waals surface area contributed by atoms with E-state index in [1.165, 1.54) is 17.3 Å². The first-order valence-electron chi connectivity index (χ1n) is 9.51. The van der Waals surface area contributed by atoms with Gasteiger partial charge in [0.25, 0.3) is 0 Å². The fourth-order valence-electron chi connectivity index (χ4n) is 3.64. The highest BCUT2D eigenvalue weighted by atomic mass is 32.1. The molecule has 0 aliphatic heterocycles. The van der Waals surface area contributed by atoms with Crippen LogP contribution < -0.4 is 0 Å². The molecule has 4 aromatic rings. The number of hydrogen-bond donors (Lipinski definition) is 2. The molecule has 29 heavy (non-hydrogen) atoms. The molecule has 1 aromatic carbocycles. The highest BCUT2D eigenvalue weighted by Crippen LogP contribution is 2.27. The summed E-state index contributed by atoms with van der Waals surface area (Å²) >= 11 is 1.00. The van der Waals surface area contributed by atoms with Crippen LogP contribution in [-0.2, 0) is 12.8 Å². The van der Waals surface area contributed by atoms with Crippen molar-refractivity contribution >= 4 is 33.9 Å². The van der Waals surface area contributed by atoms with Gasteiger partial charge < -0.3 is 9.97 Å². The molecule has 3 heterocycles. The summed E-state index contributed by atoms with van der Waals surface area (Å²) in [5.41, 5.74) is 7.96. The zero-order chi connectivity index (χ0) is 20.5. The first-order valence-corrected chi connectivity index (χ1v) is 10.3. The van der Waals surface area contributed by atoms with E-state index in [0.717, 1.165) is 47.2 Å². The summed E-state index contributed by atoms with van der Waals surface area (Å²) in [5, 5.41) is 0. The number of rotatable bonds is 7. The molecular formula is C21H20N5O2S. The Kier molecular flexibility index (Phi) is 5.10. The maximum atomic E-state index is 13.1. The zero-order valence-electron chi connectivity index (χ0n) is 16.4. The summed E-state index contributed by atoms with van der Waals surface area (Å²) in [6, 6.07) is 2.09. The Bertz CT molecular complexity index is 1200. The van der Waals surface area contributed by atoms with Crippen LogP contribution in [0.4, 0.5) is 0 Å². The number of imidazole rings is 2. The van der Waals surface area contributed by atoms with Crippen LogP contribution in [0.1, 0.15) is 68.8 Å². The number of H-pyrrole nitrogens is 2. The van der Waals surface area contributed by atoms with Crippen molar-refractivity contribution in [2.75, 3.05) is 0 Å². The molecule has 4 rings (SSSR count). The number of aromatic amines is 2. The number of carbonyl (C=O) groups excluding carboxylic acids is 2. The lowest BCUT2D eigenvalue weighted by Gasteiger charge is -2.10. The average molecular weight is 406 g/mol. The van der Waals surface area contributed by atoms with E-state index >= 15 is 0 Å². The topological polar surface area (TPSA) is 104 Å². The third kappa shape index (κ3) is 3.29. The predicted molar refractivity (Wildman–Crippen MR) is 111 cm³/mol. The summed E-state index contributed by atoms with van der Waals surface area (Å²) in [5.74, 6) is -0.480. The monoisotopic (exact) mass is 406 g/mol. The molecule has 3 aromatic heterocycles. The van der Waals surface area contributed by atoms with E-state index in [-0.39, 0.29) is 28.0 Å². The summed E-state index contributed by atoms with van der Waals surface area (Å²) in [6.07, 6.45) is 5.97. The third-order valence-electron chi connectivity index (χ3n) is 4.99. The molecule has 8 heteroatoms. The van der Waals surface area contributed by atoms with Gasteiger partial charge in [-0.05, 0) is 42.5 Å². The van der Waals surface area contributed by atoms with Crippen molar-refractivity contribution in [2.45, 2.75) is 40.0 Å². The van der Waals surface area contributed by atoms with Crippen molar-refractivity contribution in [2.24, 2.45) is 0 Å². The number of hydrogen-bond acceptors (Lipinski definition) is 6. The lowest BCUT2D eigenvalue weighted by atomic mass is 9.95. The molecule has 0 atom stereocenters. The number of fused-ring (bicyclic) bond motifs is 1. The molecular weight excluding hydrogens is 386 g/mol. The van der Waals surface area contributed by atoms with Crippen LogP contribution in [0.15, 0.2) is 18.5 Å². The lowest BCUT2D eigenvalue weighted by molar-refractivity contribution is 0.0995. The molecule has 7 nitrogen and oxygen atoms in total. The standard InChI is InChI=1S/C21H20N5O2S/c1-4-6-12-9-14-15(11(3)13(12)5-2)26-21(25-14)18(28)19-16(24-10-29-19)17(27)20-22-7-8-23-20/h7-9H,4-6H2,1-3H3,(H,22,23)(H,25,26). The SMILES string of the molecule is CCCc1cc2[nH]c(C(=O)c3s[c]nc3C(=O)c3ncc[nH]3)nc2c(C)c1CC. The maximum absolute atomic E-state index is 13.1. The Hall–Kier alpha value is -3.13. The van der Waals surface area contributed by atoms with Crippen LogP contribution in [0, 0.1) is 12.4 Å². The Morgan fingerprint density at radius 2 is 2.03 bits per heavy atom. The van der Waals surface area contributed by atoms with Gasteiger partial charge in [-0.3, -0.25) is 9.59 Å². The highest BCUT2D eigenvalue weighted by molar-refractivity contribution is 7.11. The van der Waals surface area contributed by atoms with Crippen molar-refractivity contribution in [3.05, 3.63) is 62.9 Å². The van der Waals surface area contributed by atoms with Gasteiger partial charge in [-0.2, -0.15) is 0 Å². The quantitative estimate of drug-likeness (QED) is 0.454. The normalized spacial score (nSPS) is 11.3. The minimum atomic E-state index is -0.443. The second-order valence-electron chi connectivity index (χ2n) is 6.80. The van der Waals surface area contributed by atoms with Crippen LogP contribution >= 0.6 is 11.3 Å². The molecule has 1 radical (unpaired) electrons. The number of nitrogens with one attached hydrogen (secondary N) is 2. The highest BCUT2D eigenvalue weighted by Gasteiger charge is 2.26. The van der Waals surface area contributed by atoms with Crippen molar-refractivity contribution in [1.29, 1.82) is 0 Å². The van der Waals surface area contributed by atoms with Gasteiger partial charge >= 0.3 is 0 Å². The van der Waals surface area contributed by atoms with E-state index in [9.17, 15) is 9.59 Å². The van der Waals surface area contributed by atoms with E-state index in [4.69, 9.17) is 0 Å². The Morgan fingerprint density at radius 1 is 1.21 bits per heavy atom. The van der Waals surface area contributed by atoms with E-state index in [1.807, 2.05) is 6.92 Å². The minimum Gasteiger partial charge on any atom is -0.342 e. The number of ketones is 2. The third-order valence-corrected chi connectivity index (χ3v) is 5.75. The molecule has 0 fully saturated rings. The van der Waals surface area contributed by atoms with Gasteiger partial charge in [0.2, 0.25) is 11.6 Å². The van der Waals surface area contributed by atoms with Crippen LogP contribution in [0.5, 0.6) is 0 Å². The first kappa shape index (κ1) is 19.2. The molecule has 0 unspecified atom stereocenters. The molecule has 0 spiro atoms. The fraction of sp³-hybridized carbons (Fsp3) is 0.286. The number of thiazole rings is 1. The lowest BCUT2D eigenvalue weighted by Crippen LogP contribution is -2.11. The molecule has 147 valence electrons. The second-order valence-corrected chi connectivity index (χ2v) is 7.60. The van der Waals surface area contributed by atoms with Gasteiger partial charge in [-0.1, -0.05) is 20.3 Å². The summed E-state index contributed by atoms with van der Waals surface area (Å²) in [4.78, 5) is 44.3. The zero-order valence-corrected chi connectivity index (χ0v) is 17.2. The van der Waals surface area contributed by atoms with Crippen LogP contribution in [0.25, 0.3) is 11.0 Å². The molecule has 0 saturated heterocycles. The molecule has 0 bridgehead atoms. The summed E-state index contributed by atoms with van der Waals surface area (Å²) in [7, 11) is 0. The van der Waals surface area contributed by atoms with Crippen LogP contribution in [-0.4, -0.2) is 36.5 Å². The first-order chi connectivity index (χ1) is 14.0. The van der Waals surface area contributed by atoms with Gasteiger partial charge in [-0.25, -0.2) is 15.0 Å². The number of aryl methyl sites for hydroxylation is 2. The molecule has 0 saturated carbocycles. The number of benzene rings is 1. The number of carbonyl (C=O) groups is 2. The van der Waals surface area contributed by atoms with Crippen molar-refractivity contribution < 1.29 is 9.59 Å². The number of aromatic nitrogens is 5. The largest absolute Gasteiger partial charge is 0.342 e. The van der Waals surface area contributed by atoms with Crippen molar-refractivity contribution in [3.8, 4) is 0 Å². The van der Waals surface area contributed by atoms with E-state index in [0.29, 0.717) is 0 Å². The van der Waals surface area contributed by atoms with Crippen LogP contribution in [0.2, 0.25) is 0 Å². The van der Waals surface area contributed by atoms with Gasteiger partial charge in [0.05, 0.1) is 11.0 Å². The molecule has 0 aliphatic rings. The molecule has 0 aliphatic carbocycles. The van der Waals surface area contributed by atoms with Gasteiger partial charge in [0, 0.05) is 12.4 Å². The average Bonchev–Trinajstić information content (AvgIpc) is 3.47. The minimum absolute atomic E-state index is 0.0352. The predicted octanol–water partition coefficient (Wildman–Crippen LogP) is 3.83. The Labute approximate surface area is 171 Å². The summed E-state index contributed by atoms with van der Waals surface area (Å²) in [6.45, 7) is 6.33. The van der Waals surface area contributed by atoms with Crippen LogP contribution in [0.3, 0.4) is 0 Å². The van der Waals surface area contributed by atoms with E-state index in [1.54, 1.807) is 6.20 Å². The van der Waals surface area contributed by atoms with Gasteiger partial charge in [-0.15, -0.1) is 11.3 Å². The molecule has 0 amide bonds. The maximum Gasteiger partial charge on any atom is 0.248 e. The molecule has 2 N–H and O–H groups in total. The Morgan fingerprint density at radius 3 is 2.72 bits per heavy atom. The van der Waals surface area contributed by atoms with Crippen molar-refractivity contribution in [3.63, 3.8) is 0 Å². The Balaban J connectivity index is 1.76. The van der Waals surface area contributed by atoms with Gasteiger partial charge in [0.15, 0.2) is 17.2 Å². The van der Waals surface area contributed by atoms with Gasteiger partial charge in [0.1, 0.15) is 10.6 Å². The smallest absolute Gasteiger partial charge is 0.248 e. The van der Waals surface area contributed by atoms with Crippen molar-refractivity contribution in [1.82, 2.24) is 24.9 Å².